The van der Waals surface area contributed by atoms with Crippen LogP contribution in [0.2, 0.25) is 0 Å². The number of hydrogen-bond acceptors (Lipinski definition) is 2. The van der Waals surface area contributed by atoms with Crippen molar-refractivity contribution in [3.05, 3.63) is 192 Å². The van der Waals surface area contributed by atoms with E-state index in [0.29, 0.717) is 0 Å². The average Bonchev–Trinajstić information content (AvgIpc) is 3.63. The molecule has 7 aromatic carbocycles. The molecule has 0 atom stereocenters. The number of pyridine rings is 2. The lowest BCUT2D eigenvalue weighted by molar-refractivity contribution is 0.659. The molecular weight excluding hydrogens is 736 g/mol. The first kappa shape index (κ1) is 36.8. The highest BCUT2D eigenvalue weighted by molar-refractivity contribution is 6.40. The average molecular weight is 778 g/mol. The molecule has 2 aromatic heterocycles. The van der Waals surface area contributed by atoms with Crippen molar-refractivity contribution in [2.75, 3.05) is 5.34 Å². The Morgan fingerprint density at radius 1 is 0.368 bits per heavy atom. The van der Waals surface area contributed by atoms with Crippen LogP contribution in [0.25, 0.3) is 77.1 Å². The van der Waals surface area contributed by atoms with Crippen molar-refractivity contribution in [2.45, 2.75) is 38.5 Å². The summed E-state index contributed by atoms with van der Waals surface area (Å²) in [5, 5.41) is 8.14. The van der Waals surface area contributed by atoms with Crippen molar-refractivity contribution in [3.63, 3.8) is 0 Å². The summed E-state index contributed by atoms with van der Waals surface area (Å²) in [4.78, 5) is 9.41. The van der Waals surface area contributed by atoms with E-state index in [9.17, 15) is 0 Å². The molecule has 4 heteroatoms. The summed E-state index contributed by atoms with van der Waals surface area (Å²) in [6.45, 7) is 9.22. The summed E-state index contributed by atoms with van der Waals surface area (Å²) >= 11 is 9.53. The second-order valence-electron chi connectivity index (χ2n) is 15.9. The van der Waals surface area contributed by atoms with Gasteiger partial charge in [-0.15, -0.1) is 23.2 Å². The van der Waals surface area contributed by atoms with Crippen LogP contribution >= 0.6 is 23.2 Å². The first-order valence-corrected chi connectivity index (χ1v) is 20.5. The molecule has 2 aliphatic rings. The van der Waals surface area contributed by atoms with Gasteiger partial charge in [0.1, 0.15) is 0 Å². The first-order chi connectivity index (χ1) is 27.7. The summed E-state index contributed by atoms with van der Waals surface area (Å²) < 4.78 is 0. The molecule has 0 N–H and O–H groups in total. The van der Waals surface area contributed by atoms with Crippen molar-refractivity contribution in [1.82, 2.24) is 9.97 Å². The summed E-state index contributed by atoms with van der Waals surface area (Å²) in [7, 11) is 0. The quantitative estimate of drug-likeness (QED) is 0.129. The monoisotopic (exact) mass is 776 g/mol. The van der Waals surface area contributed by atoms with Crippen LogP contribution in [0.1, 0.15) is 49.9 Å². The molecule has 0 spiro atoms. The second-order valence-corrected chi connectivity index (χ2v) is 16.7. The zero-order valence-corrected chi connectivity index (χ0v) is 34.0. The van der Waals surface area contributed by atoms with Gasteiger partial charge in [0.15, 0.2) is 0 Å². The third-order valence-electron chi connectivity index (χ3n) is 12.0. The van der Waals surface area contributed by atoms with Crippen molar-refractivity contribution in [2.24, 2.45) is 0 Å². The normalized spacial score (nSPS) is 13.8. The maximum Gasteiger partial charge on any atom is 0.0967 e. The molecule has 11 rings (SSSR count). The molecule has 0 amide bonds. The van der Waals surface area contributed by atoms with E-state index in [4.69, 9.17) is 28.2 Å². The molecule has 0 unspecified atom stereocenters. The largest absolute Gasteiger partial charge is 0.256 e. The first-order valence-electron chi connectivity index (χ1n) is 19.4. The molecule has 0 fully saturated rings. The van der Waals surface area contributed by atoms with E-state index in [1.54, 1.807) is 0 Å². The van der Waals surface area contributed by atoms with Crippen molar-refractivity contribution >= 4 is 55.5 Å². The molecule has 278 valence electrons. The molecule has 0 bridgehead atoms. The lowest BCUT2D eigenvalue weighted by atomic mass is 9.81. The van der Waals surface area contributed by atoms with E-state index in [1.807, 2.05) is 18.5 Å². The molecule has 9 aromatic rings. The fourth-order valence-electron chi connectivity index (χ4n) is 9.24. The molecule has 2 aliphatic carbocycles. The maximum absolute atomic E-state index is 4.76. The maximum atomic E-state index is 4.76. The third kappa shape index (κ3) is 6.11. The van der Waals surface area contributed by atoms with Crippen LogP contribution in [-0.4, -0.2) is 15.3 Å². The molecule has 0 saturated carbocycles. The summed E-state index contributed by atoms with van der Waals surface area (Å²) in [6.07, 6.45) is 3.80. The molecule has 0 saturated heterocycles. The SMILES string of the molecule is CC1(C)c2cc(-c3ccccc3-c3ccccc3)ccc2-c2ncccc21.CC1(C)c2cc3c4ccccc4c4ccccc4c3cc2-c2ncccc21.ClCCl. The van der Waals surface area contributed by atoms with Gasteiger partial charge in [-0.05, 0) is 107 Å². The summed E-state index contributed by atoms with van der Waals surface area (Å²) in [5.41, 5.74) is 15.2. The summed E-state index contributed by atoms with van der Waals surface area (Å²) in [6, 6.07) is 57.0. The lowest BCUT2D eigenvalue weighted by Gasteiger charge is -2.22. The Bertz CT molecular complexity index is 2970. The number of aromatic nitrogens is 2. The molecule has 0 aliphatic heterocycles. The number of hydrogen-bond donors (Lipinski definition) is 0. The number of halogens is 2. The van der Waals surface area contributed by atoms with Crippen LogP contribution < -0.4 is 0 Å². The highest BCUT2D eigenvalue weighted by Crippen LogP contribution is 2.51. The van der Waals surface area contributed by atoms with Crippen LogP contribution in [0.15, 0.2) is 170 Å². The lowest BCUT2D eigenvalue weighted by Crippen LogP contribution is -2.15. The second kappa shape index (κ2) is 14.6. The minimum atomic E-state index is -0.0311. The number of nitrogens with zero attached hydrogens (tertiary/aromatic N) is 2. The Morgan fingerprint density at radius 2 is 0.807 bits per heavy atom. The van der Waals surface area contributed by atoms with E-state index in [2.05, 4.69) is 184 Å². The van der Waals surface area contributed by atoms with Crippen LogP contribution in [-0.2, 0) is 10.8 Å². The Kier molecular flexibility index (Phi) is 9.44. The Hall–Kier alpha value is -5.80. The highest BCUT2D eigenvalue weighted by Gasteiger charge is 2.38. The van der Waals surface area contributed by atoms with Gasteiger partial charge in [-0.25, -0.2) is 0 Å². The number of fused-ring (bicyclic) bond motifs is 12. The van der Waals surface area contributed by atoms with Gasteiger partial charge in [-0.3, -0.25) is 9.97 Å². The van der Waals surface area contributed by atoms with Gasteiger partial charge in [-0.2, -0.15) is 0 Å². The van der Waals surface area contributed by atoms with E-state index in [-0.39, 0.29) is 16.2 Å². The van der Waals surface area contributed by atoms with Crippen LogP contribution in [0.5, 0.6) is 0 Å². The van der Waals surface area contributed by atoms with E-state index >= 15 is 0 Å². The Balaban J connectivity index is 0.000000139. The fraction of sp³-hybridized carbons (Fsp3) is 0.132. The number of benzene rings is 7. The predicted molar refractivity (Wildman–Crippen MR) is 244 cm³/mol. The van der Waals surface area contributed by atoms with Gasteiger partial charge in [0, 0.05) is 34.4 Å². The fourth-order valence-corrected chi connectivity index (χ4v) is 9.24. The van der Waals surface area contributed by atoms with Gasteiger partial charge in [0.25, 0.3) is 0 Å². The zero-order chi connectivity index (χ0) is 39.3. The molecule has 57 heavy (non-hydrogen) atoms. The van der Waals surface area contributed by atoms with Gasteiger partial charge < -0.3 is 0 Å². The molecular formula is C53H42Cl2N2. The zero-order valence-electron chi connectivity index (χ0n) is 32.5. The molecule has 0 radical (unpaired) electrons. The van der Waals surface area contributed by atoms with Gasteiger partial charge >= 0.3 is 0 Å². The highest BCUT2D eigenvalue weighted by atomic mass is 35.5. The van der Waals surface area contributed by atoms with Crippen molar-refractivity contribution in [3.8, 4) is 44.8 Å². The smallest absolute Gasteiger partial charge is 0.0967 e. The van der Waals surface area contributed by atoms with Crippen LogP contribution in [0.3, 0.4) is 0 Å². The van der Waals surface area contributed by atoms with Crippen molar-refractivity contribution in [1.29, 1.82) is 0 Å². The van der Waals surface area contributed by atoms with Gasteiger partial charge in [0.2, 0.25) is 0 Å². The molecule has 2 heterocycles. The van der Waals surface area contributed by atoms with E-state index < -0.39 is 0 Å². The van der Waals surface area contributed by atoms with Crippen LogP contribution in [0, 0.1) is 0 Å². The van der Waals surface area contributed by atoms with Crippen LogP contribution in [0.4, 0.5) is 0 Å². The van der Waals surface area contributed by atoms with E-state index in [0.717, 1.165) is 11.4 Å². The summed E-state index contributed by atoms with van der Waals surface area (Å²) in [5.74, 6) is 0. The standard InChI is InChI=1S/C26H19N.C26H21N.CH2Cl2/c1-26(2)23-12-7-13-27-25(23)22-14-20-18-10-5-3-8-16(18)17-9-4-6-11-19(17)21(20)15-24(22)26;1-26(2)23-13-8-16-27-25(23)22-15-14-19(17-24(22)26)21-12-7-6-11-20(21)18-9-4-3-5-10-18;2-1-3/h3-15H,1-2H3;3-17H,1-2H3;1H2. The van der Waals surface area contributed by atoms with E-state index in [1.165, 1.54) is 88.0 Å². The Morgan fingerprint density at radius 3 is 1.37 bits per heavy atom. The minimum absolute atomic E-state index is 0.0279. The minimum Gasteiger partial charge on any atom is -0.256 e. The molecule has 2 nitrogen and oxygen atoms in total. The third-order valence-corrected chi connectivity index (χ3v) is 12.0. The predicted octanol–water partition coefficient (Wildman–Crippen LogP) is 15.0. The van der Waals surface area contributed by atoms with Gasteiger partial charge in [0.05, 0.1) is 16.7 Å². The van der Waals surface area contributed by atoms with Gasteiger partial charge in [-0.1, -0.05) is 155 Å². The number of alkyl halides is 2. The topological polar surface area (TPSA) is 25.8 Å². The van der Waals surface area contributed by atoms with Crippen molar-refractivity contribution < 1.29 is 0 Å². The number of rotatable bonds is 2. The Labute approximate surface area is 344 Å².